The Morgan fingerprint density at radius 2 is 2.29 bits per heavy atom. The number of carbonyl (C=O) groups excluding carboxylic acids is 1. The van der Waals surface area contributed by atoms with Gasteiger partial charge in [0.15, 0.2) is 0 Å². The molecule has 5 heteroatoms. The van der Waals surface area contributed by atoms with Crippen LogP contribution in [0.4, 0.5) is 0 Å². The topological polar surface area (TPSA) is 56.1 Å². The number of fused-ring (bicyclic) bond motifs is 1. The molecule has 0 aliphatic rings. The smallest absolute Gasteiger partial charge is 0.248 e. The van der Waals surface area contributed by atoms with Gasteiger partial charge in [-0.25, -0.2) is 4.98 Å². The van der Waals surface area contributed by atoms with Crippen LogP contribution in [0.25, 0.3) is 11.0 Å². The lowest BCUT2D eigenvalue weighted by atomic mass is 10.3. The molecule has 1 heterocycles. The highest BCUT2D eigenvalue weighted by Gasteiger charge is 2.12. The van der Waals surface area contributed by atoms with Crippen molar-refractivity contribution >= 4 is 16.9 Å². The van der Waals surface area contributed by atoms with Gasteiger partial charge in [0.05, 0.1) is 17.6 Å². The van der Waals surface area contributed by atoms with Crippen LogP contribution in [-0.2, 0) is 16.1 Å². The third kappa shape index (κ3) is 3.70. The molecule has 0 radical (unpaired) electrons. The molecule has 0 saturated heterocycles. The summed E-state index contributed by atoms with van der Waals surface area (Å²) in [5.74, 6) is 0.834. The second-order valence-electron chi connectivity index (χ2n) is 4.85. The summed E-state index contributed by atoms with van der Waals surface area (Å²) in [6.07, 6.45) is 1.16. The molecule has 0 bridgehead atoms. The molecule has 1 aromatic heterocycles. The van der Waals surface area contributed by atoms with E-state index in [2.05, 4.69) is 21.4 Å². The SMILES string of the molecule is C=CCO[C@H](C)C(=O)NCCn1c(C)nc2ccccc21. The third-order valence-corrected chi connectivity index (χ3v) is 3.31. The molecule has 5 nitrogen and oxygen atoms in total. The van der Waals surface area contributed by atoms with Gasteiger partial charge in [-0.1, -0.05) is 18.2 Å². The van der Waals surface area contributed by atoms with Crippen molar-refractivity contribution in [1.82, 2.24) is 14.9 Å². The highest BCUT2D eigenvalue weighted by molar-refractivity contribution is 5.80. The molecule has 1 atom stereocenters. The van der Waals surface area contributed by atoms with Gasteiger partial charge >= 0.3 is 0 Å². The van der Waals surface area contributed by atoms with Gasteiger partial charge in [0, 0.05) is 13.1 Å². The minimum Gasteiger partial charge on any atom is -0.365 e. The standard InChI is InChI=1S/C16H21N3O2/c1-4-11-21-12(2)16(20)17-9-10-19-13(3)18-14-7-5-6-8-15(14)19/h4-8,12H,1,9-11H2,2-3H3,(H,17,20)/t12-/m1/s1. The van der Waals surface area contributed by atoms with Gasteiger partial charge in [0.25, 0.3) is 0 Å². The van der Waals surface area contributed by atoms with Crippen molar-refractivity contribution in [2.45, 2.75) is 26.5 Å². The molecule has 2 rings (SSSR count). The Balaban J connectivity index is 1.92. The maximum atomic E-state index is 11.8. The number of nitrogens with zero attached hydrogens (tertiary/aromatic N) is 2. The van der Waals surface area contributed by atoms with E-state index in [0.717, 1.165) is 16.9 Å². The largest absolute Gasteiger partial charge is 0.365 e. The van der Waals surface area contributed by atoms with E-state index in [1.807, 2.05) is 31.2 Å². The zero-order chi connectivity index (χ0) is 15.2. The summed E-state index contributed by atoms with van der Waals surface area (Å²) in [6.45, 7) is 8.87. The third-order valence-electron chi connectivity index (χ3n) is 3.31. The Morgan fingerprint density at radius 1 is 1.52 bits per heavy atom. The Morgan fingerprint density at radius 3 is 3.05 bits per heavy atom. The zero-order valence-electron chi connectivity index (χ0n) is 12.5. The number of ether oxygens (including phenoxy) is 1. The minimum atomic E-state index is -0.469. The maximum absolute atomic E-state index is 11.8. The van der Waals surface area contributed by atoms with Gasteiger partial charge in [0.1, 0.15) is 11.9 Å². The fraction of sp³-hybridized carbons (Fsp3) is 0.375. The molecule has 0 unspecified atom stereocenters. The number of hydrogen-bond donors (Lipinski definition) is 1. The predicted molar refractivity (Wildman–Crippen MR) is 83.1 cm³/mol. The van der Waals surface area contributed by atoms with E-state index in [4.69, 9.17) is 4.74 Å². The Kier molecular flexibility index (Phi) is 5.11. The summed E-state index contributed by atoms with van der Waals surface area (Å²) in [4.78, 5) is 16.3. The van der Waals surface area contributed by atoms with Crippen LogP contribution in [0.1, 0.15) is 12.7 Å². The van der Waals surface area contributed by atoms with Crippen LogP contribution in [0.3, 0.4) is 0 Å². The molecular formula is C16H21N3O2. The first kappa shape index (κ1) is 15.3. The fourth-order valence-electron chi connectivity index (χ4n) is 2.20. The molecule has 0 aliphatic heterocycles. The maximum Gasteiger partial charge on any atom is 0.248 e. The monoisotopic (exact) mass is 287 g/mol. The molecule has 0 saturated carbocycles. The van der Waals surface area contributed by atoms with Crippen LogP contribution in [-0.4, -0.2) is 34.7 Å². The molecule has 0 aliphatic carbocycles. The number of amides is 1. The van der Waals surface area contributed by atoms with Crippen molar-refractivity contribution in [3.05, 3.63) is 42.7 Å². The van der Waals surface area contributed by atoms with Crippen molar-refractivity contribution in [2.24, 2.45) is 0 Å². The predicted octanol–water partition coefficient (Wildman–Crippen LogP) is 2.05. The van der Waals surface area contributed by atoms with E-state index >= 15 is 0 Å². The Bertz CT molecular complexity index is 633. The number of aromatic nitrogens is 2. The molecule has 112 valence electrons. The molecule has 1 amide bonds. The molecule has 21 heavy (non-hydrogen) atoms. The summed E-state index contributed by atoms with van der Waals surface area (Å²) in [5, 5.41) is 2.87. The number of benzene rings is 1. The van der Waals surface area contributed by atoms with Crippen LogP contribution in [0.15, 0.2) is 36.9 Å². The summed E-state index contributed by atoms with van der Waals surface area (Å²) < 4.78 is 7.39. The summed E-state index contributed by atoms with van der Waals surface area (Å²) in [5.41, 5.74) is 2.06. The first-order valence-electron chi connectivity index (χ1n) is 7.05. The van der Waals surface area contributed by atoms with E-state index in [1.165, 1.54) is 0 Å². The van der Waals surface area contributed by atoms with E-state index in [9.17, 15) is 4.79 Å². The second kappa shape index (κ2) is 7.04. The van der Waals surface area contributed by atoms with Crippen LogP contribution < -0.4 is 5.32 Å². The number of carbonyl (C=O) groups is 1. The number of aryl methyl sites for hydroxylation is 1. The lowest BCUT2D eigenvalue weighted by molar-refractivity contribution is -0.131. The summed E-state index contributed by atoms with van der Waals surface area (Å²) >= 11 is 0. The molecule has 2 aromatic rings. The first-order valence-corrected chi connectivity index (χ1v) is 7.05. The van der Waals surface area contributed by atoms with Gasteiger partial charge in [-0.05, 0) is 26.0 Å². The van der Waals surface area contributed by atoms with Gasteiger partial charge < -0.3 is 14.6 Å². The minimum absolute atomic E-state index is 0.112. The number of imidazole rings is 1. The quantitative estimate of drug-likeness (QED) is 0.793. The van der Waals surface area contributed by atoms with Crippen molar-refractivity contribution in [2.75, 3.05) is 13.2 Å². The van der Waals surface area contributed by atoms with E-state index in [1.54, 1.807) is 13.0 Å². The molecule has 1 aromatic carbocycles. The van der Waals surface area contributed by atoms with Crippen molar-refractivity contribution < 1.29 is 9.53 Å². The first-order chi connectivity index (χ1) is 10.1. The molecule has 0 fully saturated rings. The van der Waals surface area contributed by atoms with Crippen LogP contribution in [0, 0.1) is 6.92 Å². The van der Waals surface area contributed by atoms with E-state index in [-0.39, 0.29) is 5.91 Å². The number of rotatable bonds is 7. The van der Waals surface area contributed by atoms with Gasteiger partial charge in [-0.3, -0.25) is 4.79 Å². The van der Waals surface area contributed by atoms with Crippen LogP contribution in [0.5, 0.6) is 0 Å². The van der Waals surface area contributed by atoms with Gasteiger partial charge in [-0.2, -0.15) is 0 Å². The highest BCUT2D eigenvalue weighted by Crippen LogP contribution is 2.14. The van der Waals surface area contributed by atoms with E-state index < -0.39 is 6.10 Å². The summed E-state index contributed by atoms with van der Waals surface area (Å²) in [6, 6.07) is 7.98. The van der Waals surface area contributed by atoms with Crippen LogP contribution in [0.2, 0.25) is 0 Å². The van der Waals surface area contributed by atoms with Gasteiger partial charge in [-0.15, -0.1) is 6.58 Å². The van der Waals surface area contributed by atoms with Crippen molar-refractivity contribution in [3.63, 3.8) is 0 Å². The fourth-order valence-corrected chi connectivity index (χ4v) is 2.20. The van der Waals surface area contributed by atoms with Crippen molar-refractivity contribution in [1.29, 1.82) is 0 Å². The average Bonchev–Trinajstić information content (AvgIpc) is 2.80. The lowest BCUT2D eigenvalue weighted by Gasteiger charge is -2.13. The van der Waals surface area contributed by atoms with Crippen LogP contribution >= 0.6 is 0 Å². The van der Waals surface area contributed by atoms with Crippen molar-refractivity contribution in [3.8, 4) is 0 Å². The lowest BCUT2D eigenvalue weighted by Crippen LogP contribution is -2.36. The zero-order valence-corrected chi connectivity index (χ0v) is 12.5. The Labute approximate surface area is 124 Å². The highest BCUT2D eigenvalue weighted by atomic mass is 16.5. The molecule has 0 spiro atoms. The number of nitrogens with one attached hydrogen (secondary N) is 1. The molecule has 1 N–H and O–H groups in total. The normalized spacial score (nSPS) is 12.3. The number of para-hydroxylation sites is 2. The van der Waals surface area contributed by atoms with E-state index in [0.29, 0.717) is 19.7 Å². The molecular weight excluding hydrogens is 266 g/mol. The second-order valence-corrected chi connectivity index (χ2v) is 4.85. The summed E-state index contributed by atoms with van der Waals surface area (Å²) in [7, 11) is 0. The average molecular weight is 287 g/mol. The van der Waals surface area contributed by atoms with Gasteiger partial charge in [0.2, 0.25) is 5.91 Å². The Hall–Kier alpha value is -2.14. The number of hydrogen-bond acceptors (Lipinski definition) is 3.